The topological polar surface area (TPSA) is 81.0 Å². The standard InChI is InChI=1S/C30H29N5O3/c1-3-7-28(36)34-16-14-22(15-17-34)31-24-19-38-25-18-21(10-11-23(24)25)29-30(20-8-5-4-6-9-20)35-26(32-29)12-13-27(33-35)37-2/h4-6,8-13,18,22,24,31H,14-17,19H2,1-2H3/t24-/m0/s1. The Hall–Kier alpha value is -4.35. The van der Waals surface area contributed by atoms with Crippen molar-refractivity contribution in [3.8, 4) is 46.0 Å². The molecule has 1 N–H and O–H groups in total. The summed E-state index contributed by atoms with van der Waals surface area (Å²) in [5, 5.41) is 8.40. The molecule has 2 aromatic carbocycles. The second kappa shape index (κ2) is 10.2. The van der Waals surface area contributed by atoms with E-state index >= 15 is 0 Å². The molecule has 4 heterocycles. The molecule has 192 valence electrons. The van der Waals surface area contributed by atoms with Gasteiger partial charge in [0.05, 0.1) is 18.8 Å². The van der Waals surface area contributed by atoms with Crippen molar-refractivity contribution in [1.29, 1.82) is 0 Å². The molecule has 1 amide bonds. The summed E-state index contributed by atoms with van der Waals surface area (Å²) >= 11 is 0. The molecule has 0 unspecified atom stereocenters. The number of fused-ring (bicyclic) bond motifs is 2. The number of imidazole rings is 1. The zero-order chi connectivity index (χ0) is 26.1. The summed E-state index contributed by atoms with van der Waals surface area (Å²) in [4.78, 5) is 18.8. The number of methoxy groups -OCH3 is 1. The maximum absolute atomic E-state index is 12.1. The molecule has 2 aromatic heterocycles. The van der Waals surface area contributed by atoms with Gasteiger partial charge in [-0.2, -0.15) is 0 Å². The zero-order valence-electron chi connectivity index (χ0n) is 21.5. The van der Waals surface area contributed by atoms with Gasteiger partial charge in [-0.05, 0) is 37.8 Å². The van der Waals surface area contributed by atoms with Crippen LogP contribution in [0.15, 0.2) is 60.7 Å². The van der Waals surface area contributed by atoms with E-state index in [1.54, 1.807) is 14.0 Å². The number of carbonyl (C=O) groups is 1. The highest BCUT2D eigenvalue weighted by atomic mass is 16.5. The number of aromatic nitrogens is 3. The maximum atomic E-state index is 12.1. The van der Waals surface area contributed by atoms with Gasteiger partial charge in [0.15, 0.2) is 5.65 Å². The van der Waals surface area contributed by atoms with Gasteiger partial charge < -0.3 is 19.7 Å². The predicted molar refractivity (Wildman–Crippen MR) is 145 cm³/mol. The van der Waals surface area contributed by atoms with Gasteiger partial charge in [-0.25, -0.2) is 9.50 Å². The van der Waals surface area contributed by atoms with Crippen molar-refractivity contribution in [3.63, 3.8) is 0 Å². The second-order valence-electron chi connectivity index (χ2n) is 9.55. The smallest absolute Gasteiger partial charge is 0.298 e. The number of nitrogens with one attached hydrogen (secondary N) is 1. The molecule has 1 atom stereocenters. The SMILES string of the molecule is CC#CC(=O)N1CCC(N[C@H]2COc3cc(-c4nc5ccc(OC)nn5c4-c4ccccc4)ccc32)CC1. The van der Waals surface area contributed by atoms with Gasteiger partial charge in [0.1, 0.15) is 18.1 Å². The lowest BCUT2D eigenvalue weighted by Crippen LogP contribution is -2.45. The number of hydrogen-bond donors (Lipinski definition) is 1. The Balaban J connectivity index is 1.26. The van der Waals surface area contributed by atoms with Crippen LogP contribution in [0, 0.1) is 11.8 Å². The quantitative estimate of drug-likeness (QED) is 0.410. The Morgan fingerprint density at radius 1 is 1.08 bits per heavy atom. The Morgan fingerprint density at radius 3 is 2.66 bits per heavy atom. The lowest BCUT2D eigenvalue weighted by molar-refractivity contribution is -0.126. The molecule has 0 aliphatic carbocycles. The average molecular weight is 508 g/mol. The van der Waals surface area contributed by atoms with Crippen LogP contribution in [0.5, 0.6) is 11.6 Å². The summed E-state index contributed by atoms with van der Waals surface area (Å²) in [5.74, 6) is 6.66. The van der Waals surface area contributed by atoms with Crippen molar-refractivity contribution in [2.75, 3.05) is 26.8 Å². The van der Waals surface area contributed by atoms with Crippen molar-refractivity contribution in [3.05, 3.63) is 66.2 Å². The number of piperidine rings is 1. The van der Waals surface area contributed by atoms with Crippen LogP contribution < -0.4 is 14.8 Å². The Bertz CT molecular complexity index is 1540. The summed E-state index contributed by atoms with van der Waals surface area (Å²) in [5.41, 5.74) is 5.63. The Labute approximate surface area is 221 Å². The first-order valence-corrected chi connectivity index (χ1v) is 12.9. The number of ether oxygens (including phenoxy) is 2. The summed E-state index contributed by atoms with van der Waals surface area (Å²) < 4.78 is 13.4. The summed E-state index contributed by atoms with van der Waals surface area (Å²) in [6.07, 6.45) is 1.80. The highest BCUT2D eigenvalue weighted by Crippen LogP contribution is 2.39. The van der Waals surface area contributed by atoms with Gasteiger partial charge in [-0.15, -0.1) is 5.10 Å². The fourth-order valence-electron chi connectivity index (χ4n) is 5.30. The van der Waals surface area contributed by atoms with E-state index in [2.05, 4.69) is 52.6 Å². The van der Waals surface area contributed by atoms with E-state index in [0.717, 1.165) is 65.4 Å². The number of carbonyl (C=O) groups excluding carboxylic acids is 1. The van der Waals surface area contributed by atoms with E-state index in [0.29, 0.717) is 18.5 Å². The molecule has 0 radical (unpaired) electrons. The lowest BCUT2D eigenvalue weighted by atomic mass is 9.99. The summed E-state index contributed by atoms with van der Waals surface area (Å²) in [6, 6.07) is 20.6. The Morgan fingerprint density at radius 2 is 1.89 bits per heavy atom. The van der Waals surface area contributed by atoms with Crippen molar-refractivity contribution in [2.45, 2.75) is 31.8 Å². The van der Waals surface area contributed by atoms with Gasteiger partial charge in [-0.1, -0.05) is 48.4 Å². The summed E-state index contributed by atoms with van der Waals surface area (Å²) in [7, 11) is 1.61. The van der Waals surface area contributed by atoms with E-state index in [9.17, 15) is 4.79 Å². The fraction of sp³-hybridized carbons (Fsp3) is 0.300. The van der Waals surface area contributed by atoms with Crippen LogP contribution in [0.25, 0.3) is 28.2 Å². The largest absolute Gasteiger partial charge is 0.491 e. The highest BCUT2D eigenvalue weighted by molar-refractivity contribution is 5.93. The minimum Gasteiger partial charge on any atom is -0.491 e. The molecule has 8 nitrogen and oxygen atoms in total. The van der Waals surface area contributed by atoms with Gasteiger partial charge in [0.2, 0.25) is 5.88 Å². The van der Waals surface area contributed by atoms with Crippen molar-refractivity contribution < 1.29 is 14.3 Å². The summed E-state index contributed by atoms with van der Waals surface area (Å²) in [6.45, 7) is 3.72. The minimum atomic E-state index is -0.0801. The average Bonchev–Trinajstić information content (AvgIpc) is 3.54. The van der Waals surface area contributed by atoms with Crippen LogP contribution in [0.1, 0.15) is 31.4 Å². The van der Waals surface area contributed by atoms with Crippen LogP contribution in [0.3, 0.4) is 0 Å². The van der Waals surface area contributed by atoms with Crippen LogP contribution in [-0.4, -0.2) is 58.3 Å². The predicted octanol–water partition coefficient (Wildman–Crippen LogP) is 4.11. The molecule has 0 saturated carbocycles. The van der Waals surface area contributed by atoms with E-state index < -0.39 is 0 Å². The van der Waals surface area contributed by atoms with Crippen LogP contribution in [0.2, 0.25) is 0 Å². The molecule has 0 bridgehead atoms. The Kier molecular flexibility index (Phi) is 6.44. The normalized spacial score (nSPS) is 17.0. The monoisotopic (exact) mass is 507 g/mol. The molecule has 0 spiro atoms. The van der Waals surface area contributed by atoms with Gasteiger partial charge in [0.25, 0.3) is 5.91 Å². The first-order chi connectivity index (χ1) is 18.6. The van der Waals surface area contributed by atoms with Crippen LogP contribution >= 0.6 is 0 Å². The second-order valence-corrected chi connectivity index (χ2v) is 9.55. The zero-order valence-corrected chi connectivity index (χ0v) is 21.5. The molecule has 8 heteroatoms. The first-order valence-electron chi connectivity index (χ1n) is 12.9. The molecule has 1 fully saturated rings. The number of amides is 1. The number of likely N-dealkylation sites (tertiary alicyclic amines) is 1. The molecule has 1 saturated heterocycles. The van der Waals surface area contributed by atoms with Crippen molar-refractivity contribution in [1.82, 2.24) is 24.8 Å². The van der Waals surface area contributed by atoms with Gasteiger partial charge in [0, 0.05) is 41.9 Å². The van der Waals surface area contributed by atoms with Gasteiger partial charge >= 0.3 is 0 Å². The third-order valence-corrected chi connectivity index (χ3v) is 7.23. The lowest BCUT2D eigenvalue weighted by Gasteiger charge is -2.32. The number of nitrogens with zero attached hydrogens (tertiary/aromatic N) is 4. The molecule has 2 aliphatic rings. The molecule has 2 aliphatic heterocycles. The molecule has 4 aromatic rings. The number of benzene rings is 2. The van der Waals surface area contributed by atoms with Crippen molar-refractivity contribution >= 4 is 11.6 Å². The van der Waals surface area contributed by atoms with Crippen LogP contribution in [-0.2, 0) is 4.79 Å². The third kappa shape index (κ3) is 4.46. The van der Waals surface area contributed by atoms with Crippen molar-refractivity contribution in [2.24, 2.45) is 0 Å². The molecule has 6 rings (SSSR count). The van der Waals surface area contributed by atoms with Gasteiger partial charge in [-0.3, -0.25) is 4.79 Å². The number of rotatable bonds is 5. The maximum Gasteiger partial charge on any atom is 0.298 e. The molecular formula is C30H29N5O3. The highest BCUT2D eigenvalue weighted by Gasteiger charge is 2.30. The molecular weight excluding hydrogens is 478 g/mol. The first kappa shape index (κ1) is 24.0. The molecule has 38 heavy (non-hydrogen) atoms. The minimum absolute atomic E-state index is 0.0801. The van der Waals surface area contributed by atoms with E-state index in [1.165, 1.54) is 0 Å². The van der Waals surface area contributed by atoms with E-state index in [1.807, 2.05) is 39.7 Å². The van der Waals surface area contributed by atoms with Crippen LogP contribution in [0.4, 0.5) is 0 Å². The third-order valence-electron chi connectivity index (χ3n) is 7.23. The fourth-order valence-corrected chi connectivity index (χ4v) is 5.30. The number of hydrogen-bond acceptors (Lipinski definition) is 6. The van der Waals surface area contributed by atoms with E-state index in [4.69, 9.17) is 14.5 Å². The van der Waals surface area contributed by atoms with E-state index in [-0.39, 0.29) is 11.9 Å².